The maximum atomic E-state index is 13.4. The SMILES string of the molecule is O=C(c1sc2ncccc2c1C1CCN(CC2CCCCC2)C1)N1CCOCC1. The summed E-state index contributed by atoms with van der Waals surface area (Å²) >= 11 is 1.59. The molecule has 0 N–H and O–H groups in total. The van der Waals surface area contributed by atoms with Crippen LogP contribution in [-0.2, 0) is 4.74 Å². The highest BCUT2D eigenvalue weighted by Crippen LogP contribution is 2.40. The molecule has 4 heterocycles. The Hall–Kier alpha value is -1.50. The normalized spacial score (nSPS) is 24.4. The van der Waals surface area contributed by atoms with Gasteiger partial charge in [-0.25, -0.2) is 4.98 Å². The summed E-state index contributed by atoms with van der Waals surface area (Å²) in [4.78, 5) is 24.5. The minimum atomic E-state index is 0.178. The minimum Gasteiger partial charge on any atom is -0.378 e. The Bertz CT molecular complexity index is 855. The van der Waals surface area contributed by atoms with Crippen molar-refractivity contribution in [3.8, 4) is 0 Å². The van der Waals surface area contributed by atoms with Gasteiger partial charge in [0.1, 0.15) is 4.83 Å². The Morgan fingerprint density at radius 1 is 1.14 bits per heavy atom. The lowest BCUT2D eigenvalue weighted by molar-refractivity contribution is 0.0305. The van der Waals surface area contributed by atoms with Gasteiger partial charge in [0.25, 0.3) is 5.91 Å². The van der Waals surface area contributed by atoms with Crippen LogP contribution in [0.5, 0.6) is 0 Å². The number of amides is 1. The lowest BCUT2D eigenvalue weighted by atomic mass is 9.89. The van der Waals surface area contributed by atoms with Gasteiger partial charge in [-0.05, 0) is 43.4 Å². The summed E-state index contributed by atoms with van der Waals surface area (Å²) < 4.78 is 5.45. The van der Waals surface area contributed by atoms with Gasteiger partial charge in [0.2, 0.25) is 0 Å². The van der Waals surface area contributed by atoms with Crippen LogP contribution < -0.4 is 0 Å². The van der Waals surface area contributed by atoms with Crippen LogP contribution >= 0.6 is 11.3 Å². The Balaban J connectivity index is 1.39. The zero-order valence-electron chi connectivity index (χ0n) is 17.1. The fraction of sp³-hybridized carbons (Fsp3) is 0.652. The van der Waals surface area contributed by atoms with Crippen LogP contribution in [0.15, 0.2) is 18.3 Å². The second-order valence-corrected chi connectivity index (χ2v) is 9.85. The molecule has 0 bridgehead atoms. The Kier molecular flexibility index (Phi) is 5.84. The number of rotatable bonds is 4. The summed E-state index contributed by atoms with van der Waals surface area (Å²) in [5, 5.41) is 1.19. The fourth-order valence-electron chi connectivity index (χ4n) is 5.39. The highest BCUT2D eigenvalue weighted by molar-refractivity contribution is 7.20. The molecule has 3 aliphatic rings. The molecule has 1 atom stereocenters. The molecule has 5 nitrogen and oxygen atoms in total. The maximum absolute atomic E-state index is 13.4. The number of nitrogens with zero attached hydrogens (tertiary/aromatic N) is 3. The standard InChI is InChI=1S/C23H31N3O2S/c27-23(26-11-13-28-14-12-26)21-20(19-7-4-9-24-22(19)29-21)18-8-10-25(16-18)15-17-5-2-1-3-6-17/h4,7,9,17-18H,1-3,5-6,8,10-16H2. The second-order valence-electron chi connectivity index (χ2n) is 8.85. The first-order chi connectivity index (χ1) is 14.3. The first kappa shape index (κ1) is 19.5. The first-order valence-electron chi connectivity index (χ1n) is 11.3. The molecule has 0 spiro atoms. The van der Waals surface area contributed by atoms with Crippen LogP contribution in [0.3, 0.4) is 0 Å². The topological polar surface area (TPSA) is 45.7 Å². The first-order valence-corrected chi connectivity index (χ1v) is 12.1. The zero-order valence-corrected chi connectivity index (χ0v) is 18.0. The number of likely N-dealkylation sites (tertiary alicyclic amines) is 1. The van der Waals surface area contributed by atoms with Crippen molar-refractivity contribution in [1.29, 1.82) is 0 Å². The molecule has 1 aliphatic carbocycles. The molecule has 2 aromatic rings. The van der Waals surface area contributed by atoms with E-state index < -0.39 is 0 Å². The van der Waals surface area contributed by atoms with Crippen molar-refractivity contribution in [2.45, 2.75) is 44.4 Å². The average molecular weight is 414 g/mol. The van der Waals surface area contributed by atoms with Crippen molar-refractivity contribution in [2.24, 2.45) is 5.92 Å². The van der Waals surface area contributed by atoms with Crippen LogP contribution in [0.25, 0.3) is 10.2 Å². The van der Waals surface area contributed by atoms with Gasteiger partial charge in [-0.2, -0.15) is 0 Å². The van der Waals surface area contributed by atoms with Gasteiger partial charge in [-0.15, -0.1) is 11.3 Å². The molecule has 1 saturated carbocycles. The summed E-state index contributed by atoms with van der Waals surface area (Å²) in [7, 11) is 0. The quantitative estimate of drug-likeness (QED) is 0.756. The van der Waals surface area contributed by atoms with E-state index in [1.165, 1.54) is 49.6 Å². The molecule has 1 amide bonds. The summed E-state index contributed by atoms with van der Waals surface area (Å²) in [5.41, 5.74) is 1.26. The molecule has 2 aromatic heterocycles. The Labute approximate surface area is 177 Å². The molecule has 3 fully saturated rings. The number of carbonyl (C=O) groups excluding carboxylic acids is 1. The van der Waals surface area contributed by atoms with E-state index >= 15 is 0 Å². The summed E-state index contributed by atoms with van der Waals surface area (Å²) in [6.07, 6.45) is 10.0. The Morgan fingerprint density at radius 3 is 2.79 bits per heavy atom. The Morgan fingerprint density at radius 2 is 1.97 bits per heavy atom. The van der Waals surface area contributed by atoms with Crippen molar-refractivity contribution in [2.75, 3.05) is 45.9 Å². The van der Waals surface area contributed by atoms with E-state index in [1.807, 2.05) is 17.2 Å². The molecule has 6 heteroatoms. The van der Waals surface area contributed by atoms with Crippen molar-refractivity contribution in [3.63, 3.8) is 0 Å². The molecule has 29 heavy (non-hydrogen) atoms. The van der Waals surface area contributed by atoms with Crippen LogP contribution in [0, 0.1) is 5.92 Å². The van der Waals surface area contributed by atoms with Crippen LogP contribution in [0.1, 0.15) is 59.7 Å². The summed E-state index contributed by atoms with van der Waals surface area (Å²) in [6.45, 7) is 6.15. The summed E-state index contributed by atoms with van der Waals surface area (Å²) in [6, 6.07) is 4.17. The number of hydrogen-bond donors (Lipinski definition) is 0. The molecule has 2 aliphatic heterocycles. The van der Waals surface area contributed by atoms with Gasteiger partial charge in [-0.1, -0.05) is 25.3 Å². The minimum absolute atomic E-state index is 0.178. The highest BCUT2D eigenvalue weighted by atomic mass is 32.1. The van der Waals surface area contributed by atoms with Crippen LogP contribution in [0.4, 0.5) is 0 Å². The highest BCUT2D eigenvalue weighted by Gasteiger charge is 2.33. The van der Waals surface area contributed by atoms with Gasteiger partial charge in [0, 0.05) is 43.7 Å². The molecule has 2 saturated heterocycles. The average Bonchev–Trinajstić information content (AvgIpc) is 3.38. The number of fused-ring (bicyclic) bond motifs is 1. The zero-order chi connectivity index (χ0) is 19.6. The number of pyridine rings is 1. The second kappa shape index (κ2) is 8.70. The third-order valence-corrected chi connectivity index (χ3v) is 8.04. The van der Waals surface area contributed by atoms with E-state index in [9.17, 15) is 4.79 Å². The third-order valence-electron chi connectivity index (χ3n) is 6.92. The van der Waals surface area contributed by atoms with Crippen molar-refractivity contribution in [1.82, 2.24) is 14.8 Å². The molecule has 5 rings (SSSR count). The predicted octanol–water partition coefficient (Wildman–Crippen LogP) is 4.14. The van der Waals surface area contributed by atoms with Gasteiger partial charge in [-0.3, -0.25) is 4.79 Å². The van der Waals surface area contributed by atoms with Gasteiger partial charge >= 0.3 is 0 Å². The third kappa shape index (κ3) is 4.07. The number of ether oxygens (including phenoxy) is 1. The van der Waals surface area contributed by atoms with E-state index in [0.29, 0.717) is 32.2 Å². The van der Waals surface area contributed by atoms with E-state index in [4.69, 9.17) is 4.74 Å². The molecule has 0 radical (unpaired) electrons. The van der Waals surface area contributed by atoms with Crippen LogP contribution in [0.2, 0.25) is 0 Å². The molecule has 156 valence electrons. The predicted molar refractivity (Wildman–Crippen MR) is 117 cm³/mol. The number of thiophene rings is 1. The van der Waals surface area contributed by atoms with Crippen molar-refractivity contribution in [3.05, 3.63) is 28.8 Å². The van der Waals surface area contributed by atoms with E-state index in [-0.39, 0.29) is 5.91 Å². The van der Waals surface area contributed by atoms with Gasteiger partial charge < -0.3 is 14.5 Å². The van der Waals surface area contributed by atoms with E-state index in [0.717, 1.165) is 35.1 Å². The van der Waals surface area contributed by atoms with Crippen molar-refractivity contribution < 1.29 is 9.53 Å². The largest absolute Gasteiger partial charge is 0.378 e. The molecule has 1 unspecified atom stereocenters. The number of aromatic nitrogens is 1. The van der Waals surface area contributed by atoms with Crippen LogP contribution in [-0.4, -0.2) is 66.6 Å². The van der Waals surface area contributed by atoms with Gasteiger partial charge in [0.15, 0.2) is 0 Å². The lowest BCUT2D eigenvalue weighted by Crippen LogP contribution is -2.40. The van der Waals surface area contributed by atoms with Crippen molar-refractivity contribution >= 4 is 27.5 Å². The lowest BCUT2D eigenvalue weighted by Gasteiger charge is -2.28. The monoisotopic (exact) mass is 413 g/mol. The van der Waals surface area contributed by atoms with E-state index in [1.54, 1.807) is 11.3 Å². The number of carbonyl (C=O) groups is 1. The maximum Gasteiger partial charge on any atom is 0.264 e. The molecular formula is C23H31N3O2S. The molecular weight excluding hydrogens is 382 g/mol. The smallest absolute Gasteiger partial charge is 0.264 e. The molecule has 0 aromatic carbocycles. The summed E-state index contributed by atoms with van der Waals surface area (Å²) in [5.74, 6) is 1.49. The number of hydrogen-bond acceptors (Lipinski definition) is 5. The van der Waals surface area contributed by atoms with E-state index in [2.05, 4.69) is 16.0 Å². The fourth-order valence-corrected chi connectivity index (χ4v) is 6.59. The van der Waals surface area contributed by atoms with Gasteiger partial charge in [0.05, 0.1) is 18.1 Å². The number of morpholine rings is 1.